The summed E-state index contributed by atoms with van der Waals surface area (Å²) in [6.45, 7) is 11.5. The number of nitrogens with zero attached hydrogens (tertiary/aromatic N) is 1. The summed E-state index contributed by atoms with van der Waals surface area (Å²) in [6, 6.07) is 0. The molecule has 0 aromatic carbocycles. The summed E-state index contributed by atoms with van der Waals surface area (Å²) in [4.78, 5) is 14.2. The standard InChI is InChI=1S/C16H34N2O2/c1-7-17-16(4,15(19)20-6)11-8-9-12-18(5)13-10-14(2)3/h14,17H,7-13H2,1-6H3. The van der Waals surface area contributed by atoms with Crippen molar-refractivity contribution < 1.29 is 9.53 Å². The number of likely N-dealkylation sites (N-methyl/N-ethyl adjacent to an activating group) is 1. The van der Waals surface area contributed by atoms with Gasteiger partial charge in [-0.15, -0.1) is 0 Å². The normalized spacial score (nSPS) is 14.6. The third kappa shape index (κ3) is 7.85. The molecule has 1 N–H and O–H groups in total. The first-order chi connectivity index (χ1) is 9.35. The SMILES string of the molecule is CCNC(C)(CCCCN(C)CCC(C)C)C(=O)OC. The lowest BCUT2D eigenvalue weighted by molar-refractivity contribution is -0.148. The van der Waals surface area contributed by atoms with Crippen LogP contribution in [-0.2, 0) is 9.53 Å². The largest absolute Gasteiger partial charge is 0.468 e. The molecule has 1 atom stereocenters. The summed E-state index contributed by atoms with van der Waals surface area (Å²) < 4.78 is 4.90. The first-order valence-electron chi connectivity index (χ1n) is 7.87. The van der Waals surface area contributed by atoms with Crippen LogP contribution in [0.4, 0.5) is 0 Å². The predicted molar refractivity (Wildman–Crippen MR) is 84.9 cm³/mol. The van der Waals surface area contributed by atoms with Crippen molar-refractivity contribution in [1.29, 1.82) is 0 Å². The molecule has 0 saturated heterocycles. The minimum atomic E-state index is -0.542. The van der Waals surface area contributed by atoms with Gasteiger partial charge in [0.15, 0.2) is 0 Å². The second-order valence-corrected chi connectivity index (χ2v) is 6.30. The highest BCUT2D eigenvalue weighted by Gasteiger charge is 2.32. The van der Waals surface area contributed by atoms with Gasteiger partial charge in [0.2, 0.25) is 0 Å². The van der Waals surface area contributed by atoms with Gasteiger partial charge in [-0.25, -0.2) is 0 Å². The zero-order chi connectivity index (χ0) is 15.6. The lowest BCUT2D eigenvalue weighted by Crippen LogP contribution is -2.50. The van der Waals surface area contributed by atoms with Gasteiger partial charge < -0.3 is 15.0 Å². The molecule has 0 fully saturated rings. The van der Waals surface area contributed by atoms with E-state index in [1.807, 2.05) is 13.8 Å². The number of nitrogens with one attached hydrogen (secondary N) is 1. The lowest BCUT2D eigenvalue weighted by atomic mass is 9.94. The van der Waals surface area contributed by atoms with Crippen LogP contribution >= 0.6 is 0 Å². The van der Waals surface area contributed by atoms with Gasteiger partial charge in [-0.1, -0.05) is 20.8 Å². The quantitative estimate of drug-likeness (QED) is 0.468. The number of unbranched alkanes of at least 4 members (excludes halogenated alkanes) is 1. The Balaban J connectivity index is 3.98. The minimum Gasteiger partial charge on any atom is -0.468 e. The molecule has 0 rings (SSSR count). The number of rotatable bonds is 11. The van der Waals surface area contributed by atoms with Gasteiger partial charge in [0.05, 0.1) is 7.11 Å². The molecule has 0 heterocycles. The van der Waals surface area contributed by atoms with Gasteiger partial charge in [0.1, 0.15) is 5.54 Å². The third-order valence-corrected chi connectivity index (χ3v) is 3.76. The van der Waals surface area contributed by atoms with Crippen LogP contribution in [-0.4, -0.2) is 50.2 Å². The molecule has 0 radical (unpaired) electrons. The average Bonchev–Trinajstić information content (AvgIpc) is 2.40. The van der Waals surface area contributed by atoms with Gasteiger partial charge >= 0.3 is 5.97 Å². The fraction of sp³-hybridized carbons (Fsp3) is 0.938. The molecule has 0 aromatic heterocycles. The summed E-state index contributed by atoms with van der Waals surface area (Å²) in [6.07, 6.45) is 4.22. The molecule has 0 aliphatic rings. The first-order valence-corrected chi connectivity index (χ1v) is 7.87. The molecule has 120 valence electrons. The van der Waals surface area contributed by atoms with Crippen LogP contribution in [0.5, 0.6) is 0 Å². The van der Waals surface area contributed by atoms with E-state index in [0.717, 1.165) is 44.8 Å². The number of esters is 1. The van der Waals surface area contributed by atoms with E-state index in [1.54, 1.807) is 0 Å². The van der Waals surface area contributed by atoms with E-state index in [2.05, 4.69) is 31.1 Å². The Bertz CT molecular complexity index is 269. The molecular weight excluding hydrogens is 252 g/mol. The first kappa shape index (κ1) is 19.4. The second kappa shape index (κ2) is 10.2. The molecule has 20 heavy (non-hydrogen) atoms. The van der Waals surface area contributed by atoms with Crippen LogP contribution in [0.25, 0.3) is 0 Å². The van der Waals surface area contributed by atoms with Gasteiger partial charge in [0, 0.05) is 0 Å². The van der Waals surface area contributed by atoms with Crippen molar-refractivity contribution in [1.82, 2.24) is 10.2 Å². The van der Waals surface area contributed by atoms with Crippen molar-refractivity contribution in [2.75, 3.05) is 33.8 Å². The maximum Gasteiger partial charge on any atom is 0.325 e. The molecule has 0 aromatic rings. The summed E-state index contributed by atoms with van der Waals surface area (Å²) in [5, 5.41) is 3.25. The highest BCUT2D eigenvalue weighted by atomic mass is 16.5. The molecule has 0 saturated carbocycles. The molecule has 1 unspecified atom stereocenters. The second-order valence-electron chi connectivity index (χ2n) is 6.30. The van der Waals surface area contributed by atoms with Gasteiger partial charge in [0.25, 0.3) is 0 Å². The predicted octanol–water partition coefficient (Wildman–Crippen LogP) is 2.68. The number of carbonyl (C=O) groups is 1. The van der Waals surface area contributed by atoms with Crippen molar-refractivity contribution in [3.05, 3.63) is 0 Å². The Morgan fingerprint density at radius 2 is 1.95 bits per heavy atom. The van der Waals surface area contributed by atoms with E-state index in [0.29, 0.717) is 0 Å². The van der Waals surface area contributed by atoms with Gasteiger partial charge in [-0.3, -0.25) is 4.79 Å². The van der Waals surface area contributed by atoms with Crippen LogP contribution in [0.2, 0.25) is 0 Å². The van der Waals surface area contributed by atoms with E-state index in [9.17, 15) is 4.79 Å². The van der Waals surface area contributed by atoms with Gasteiger partial charge in [-0.2, -0.15) is 0 Å². The zero-order valence-corrected chi connectivity index (χ0v) is 14.3. The van der Waals surface area contributed by atoms with Crippen LogP contribution in [0.1, 0.15) is 53.4 Å². The van der Waals surface area contributed by atoms with E-state index >= 15 is 0 Å². The molecule has 0 spiro atoms. The van der Waals surface area contributed by atoms with Crippen LogP contribution in [0.15, 0.2) is 0 Å². The fourth-order valence-corrected chi connectivity index (χ4v) is 2.33. The summed E-state index contributed by atoms with van der Waals surface area (Å²) in [5.41, 5.74) is -0.542. The zero-order valence-electron chi connectivity index (χ0n) is 14.3. The third-order valence-electron chi connectivity index (χ3n) is 3.76. The van der Waals surface area contributed by atoms with Crippen molar-refractivity contribution in [3.63, 3.8) is 0 Å². The Kier molecular flexibility index (Phi) is 9.86. The van der Waals surface area contributed by atoms with E-state index in [1.165, 1.54) is 13.5 Å². The highest BCUT2D eigenvalue weighted by molar-refractivity contribution is 5.80. The summed E-state index contributed by atoms with van der Waals surface area (Å²) in [7, 11) is 3.63. The average molecular weight is 286 g/mol. The molecule has 0 bridgehead atoms. The number of methoxy groups -OCH3 is 1. The maximum absolute atomic E-state index is 11.8. The topological polar surface area (TPSA) is 41.6 Å². The maximum atomic E-state index is 11.8. The van der Waals surface area contributed by atoms with Crippen LogP contribution in [0, 0.1) is 5.92 Å². The van der Waals surface area contributed by atoms with Crippen LogP contribution < -0.4 is 5.32 Å². The van der Waals surface area contributed by atoms with Crippen molar-refractivity contribution in [2.45, 2.75) is 58.9 Å². The fourth-order valence-electron chi connectivity index (χ4n) is 2.33. The Morgan fingerprint density at radius 1 is 1.30 bits per heavy atom. The van der Waals surface area contributed by atoms with E-state index < -0.39 is 5.54 Å². The molecule has 0 amide bonds. The Hall–Kier alpha value is -0.610. The molecule has 0 aliphatic carbocycles. The highest BCUT2D eigenvalue weighted by Crippen LogP contribution is 2.16. The molecule has 4 nitrogen and oxygen atoms in total. The Labute approximate surface area is 125 Å². The molecule has 0 aliphatic heterocycles. The smallest absolute Gasteiger partial charge is 0.325 e. The number of hydrogen-bond donors (Lipinski definition) is 1. The molecular formula is C16H34N2O2. The number of hydrogen-bond acceptors (Lipinski definition) is 4. The van der Waals surface area contributed by atoms with E-state index in [4.69, 9.17) is 4.74 Å². The number of ether oxygens (including phenoxy) is 1. The van der Waals surface area contributed by atoms with Gasteiger partial charge in [-0.05, 0) is 65.2 Å². The summed E-state index contributed by atoms with van der Waals surface area (Å²) >= 11 is 0. The van der Waals surface area contributed by atoms with Crippen LogP contribution in [0.3, 0.4) is 0 Å². The van der Waals surface area contributed by atoms with E-state index in [-0.39, 0.29) is 5.97 Å². The lowest BCUT2D eigenvalue weighted by Gasteiger charge is -2.28. The molecule has 4 heteroatoms. The Morgan fingerprint density at radius 3 is 2.45 bits per heavy atom. The van der Waals surface area contributed by atoms with Crippen molar-refractivity contribution in [2.24, 2.45) is 5.92 Å². The minimum absolute atomic E-state index is 0.160. The monoisotopic (exact) mass is 286 g/mol. The summed E-state index contributed by atoms with van der Waals surface area (Å²) in [5.74, 6) is 0.598. The number of carbonyl (C=O) groups excluding carboxylic acids is 1. The van der Waals surface area contributed by atoms with Crippen molar-refractivity contribution >= 4 is 5.97 Å². The van der Waals surface area contributed by atoms with Crippen molar-refractivity contribution in [3.8, 4) is 0 Å².